The van der Waals surface area contributed by atoms with Gasteiger partial charge in [-0.1, -0.05) is 53.5 Å². The number of nitrogens with zero attached hydrogens (tertiary/aromatic N) is 2. The minimum absolute atomic E-state index is 0.0470. The van der Waals surface area contributed by atoms with Gasteiger partial charge in [-0.2, -0.15) is 4.98 Å². The maximum atomic E-state index is 12.3. The zero-order valence-corrected chi connectivity index (χ0v) is 14.7. The Kier molecular flexibility index (Phi) is 4.52. The SMILES string of the molecule is Cc1ccc(CC(=O)Nc2cccc(-c3noc(C4CCC4)n3)c2)cc1. The number of aromatic nitrogens is 2. The summed E-state index contributed by atoms with van der Waals surface area (Å²) < 4.78 is 5.38. The van der Waals surface area contributed by atoms with E-state index in [1.165, 1.54) is 12.0 Å². The monoisotopic (exact) mass is 347 g/mol. The summed E-state index contributed by atoms with van der Waals surface area (Å²) in [5.74, 6) is 1.66. The van der Waals surface area contributed by atoms with Crippen molar-refractivity contribution in [3.8, 4) is 11.4 Å². The van der Waals surface area contributed by atoms with Crippen LogP contribution in [-0.2, 0) is 11.2 Å². The van der Waals surface area contributed by atoms with E-state index in [1.807, 2.05) is 55.5 Å². The van der Waals surface area contributed by atoms with Crippen LogP contribution < -0.4 is 5.32 Å². The molecule has 132 valence electrons. The number of anilines is 1. The molecule has 1 amide bonds. The molecule has 0 radical (unpaired) electrons. The third kappa shape index (κ3) is 3.67. The Morgan fingerprint density at radius 2 is 2.00 bits per heavy atom. The van der Waals surface area contributed by atoms with Gasteiger partial charge in [0.15, 0.2) is 0 Å². The molecule has 0 unspecified atom stereocenters. The molecule has 0 aliphatic heterocycles. The van der Waals surface area contributed by atoms with Crippen LogP contribution in [0.2, 0.25) is 0 Å². The van der Waals surface area contributed by atoms with E-state index in [1.54, 1.807) is 0 Å². The number of hydrogen-bond acceptors (Lipinski definition) is 4. The predicted octanol–water partition coefficient (Wildman–Crippen LogP) is 4.49. The largest absolute Gasteiger partial charge is 0.339 e. The first kappa shape index (κ1) is 16.5. The quantitative estimate of drug-likeness (QED) is 0.738. The van der Waals surface area contributed by atoms with Gasteiger partial charge in [0.25, 0.3) is 0 Å². The van der Waals surface area contributed by atoms with Crippen LogP contribution in [0.3, 0.4) is 0 Å². The van der Waals surface area contributed by atoms with Gasteiger partial charge in [0, 0.05) is 17.2 Å². The van der Waals surface area contributed by atoms with Gasteiger partial charge >= 0.3 is 0 Å². The molecule has 1 N–H and O–H groups in total. The molecule has 1 aromatic heterocycles. The van der Waals surface area contributed by atoms with E-state index in [0.717, 1.165) is 35.5 Å². The number of aryl methyl sites for hydroxylation is 1. The van der Waals surface area contributed by atoms with Crippen molar-refractivity contribution in [2.75, 3.05) is 5.32 Å². The first-order chi connectivity index (χ1) is 12.7. The summed E-state index contributed by atoms with van der Waals surface area (Å²) in [6.07, 6.45) is 3.82. The van der Waals surface area contributed by atoms with Crippen molar-refractivity contribution in [3.63, 3.8) is 0 Å². The molecule has 1 aliphatic carbocycles. The topological polar surface area (TPSA) is 68.0 Å². The Morgan fingerprint density at radius 3 is 2.73 bits per heavy atom. The Hall–Kier alpha value is -2.95. The molecule has 5 heteroatoms. The van der Waals surface area contributed by atoms with Gasteiger partial charge in [-0.05, 0) is 37.5 Å². The number of carbonyl (C=O) groups is 1. The van der Waals surface area contributed by atoms with Gasteiger partial charge in [0.1, 0.15) is 0 Å². The first-order valence-corrected chi connectivity index (χ1v) is 8.97. The number of benzene rings is 2. The van der Waals surface area contributed by atoms with E-state index in [9.17, 15) is 4.79 Å². The summed E-state index contributed by atoms with van der Waals surface area (Å²) in [6.45, 7) is 2.03. The van der Waals surface area contributed by atoms with Crippen molar-refractivity contribution in [2.24, 2.45) is 0 Å². The van der Waals surface area contributed by atoms with Crippen LogP contribution in [0, 0.1) is 6.92 Å². The minimum Gasteiger partial charge on any atom is -0.339 e. The van der Waals surface area contributed by atoms with Crippen LogP contribution in [0.4, 0.5) is 5.69 Å². The van der Waals surface area contributed by atoms with E-state index >= 15 is 0 Å². The molecular formula is C21H21N3O2. The summed E-state index contributed by atoms with van der Waals surface area (Å²) in [7, 11) is 0. The molecular weight excluding hydrogens is 326 g/mol. The molecule has 0 spiro atoms. The lowest BCUT2D eigenvalue weighted by Crippen LogP contribution is -2.14. The molecule has 2 aromatic carbocycles. The van der Waals surface area contributed by atoms with Crippen molar-refractivity contribution in [3.05, 3.63) is 65.5 Å². The third-order valence-corrected chi connectivity index (χ3v) is 4.79. The summed E-state index contributed by atoms with van der Waals surface area (Å²) in [5, 5.41) is 7.03. The summed E-state index contributed by atoms with van der Waals surface area (Å²) >= 11 is 0. The van der Waals surface area contributed by atoms with Gasteiger partial charge < -0.3 is 9.84 Å². The number of hydrogen-bond donors (Lipinski definition) is 1. The van der Waals surface area contributed by atoms with Crippen LogP contribution in [0.5, 0.6) is 0 Å². The zero-order valence-electron chi connectivity index (χ0n) is 14.7. The lowest BCUT2D eigenvalue weighted by molar-refractivity contribution is -0.115. The Balaban J connectivity index is 1.44. The molecule has 3 aromatic rings. The molecule has 0 atom stereocenters. The second kappa shape index (κ2) is 7.12. The fraction of sp³-hybridized carbons (Fsp3) is 0.286. The van der Waals surface area contributed by atoms with Crippen LogP contribution in [-0.4, -0.2) is 16.0 Å². The zero-order chi connectivity index (χ0) is 17.9. The van der Waals surface area contributed by atoms with E-state index in [-0.39, 0.29) is 5.91 Å². The number of amides is 1. The minimum atomic E-state index is -0.0470. The van der Waals surface area contributed by atoms with Crippen molar-refractivity contribution >= 4 is 11.6 Å². The number of carbonyl (C=O) groups excluding carboxylic acids is 1. The molecule has 1 heterocycles. The second-order valence-electron chi connectivity index (χ2n) is 6.88. The van der Waals surface area contributed by atoms with Crippen molar-refractivity contribution in [1.29, 1.82) is 0 Å². The summed E-state index contributed by atoms with van der Waals surface area (Å²) in [6, 6.07) is 15.5. The summed E-state index contributed by atoms with van der Waals surface area (Å²) in [5.41, 5.74) is 3.75. The van der Waals surface area contributed by atoms with E-state index in [0.29, 0.717) is 18.2 Å². The van der Waals surface area contributed by atoms with Crippen molar-refractivity contribution in [2.45, 2.75) is 38.5 Å². The Bertz CT molecular complexity index is 911. The average Bonchev–Trinajstić information content (AvgIpc) is 3.05. The lowest BCUT2D eigenvalue weighted by Gasteiger charge is -2.20. The number of nitrogens with one attached hydrogen (secondary N) is 1. The highest BCUT2D eigenvalue weighted by molar-refractivity contribution is 5.92. The van der Waals surface area contributed by atoms with Crippen molar-refractivity contribution < 1.29 is 9.32 Å². The lowest BCUT2D eigenvalue weighted by atomic mass is 9.85. The fourth-order valence-electron chi connectivity index (χ4n) is 3.01. The molecule has 26 heavy (non-hydrogen) atoms. The van der Waals surface area contributed by atoms with Gasteiger partial charge in [0.05, 0.1) is 6.42 Å². The van der Waals surface area contributed by atoms with E-state index in [4.69, 9.17) is 4.52 Å². The predicted molar refractivity (Wildman–Crippen MR) is 99.8 cm³/mol. The van der Waals surface area contributed by atoms with Crippen LogP contribution in [0.1, 0.15) is 42.2 Å². The van der Waals surface area contributed by atoms with E-state index in [2.05, 4.69) is 15.5 Å². The van der Waals surface area contributed by atoms with E-state index < -0.39 is 0 Å². The normalized spacial score (nSPS) is 14.0. The standard InChI is InChI=1S/C21H21N3O2/c1-14-8-10-15(11-9-14)12-19(25)22-18-7-3-6-17(13-18)20-23-21(26-24-20)16-4-2-5-16/h3,6-11,13,16H,2,4-5,12H2,1H3,(H,22,25). The molecule has 1 saturated carbocycles. The molecule has 0 saturated heterocycles. The second-order valence-corrected chi connectivity index (χ2v) is 6.88. The molecule has 4 rings (SSSR count). The van der Waals surface area contributed by atoms with Gasteiger partial charge in [0.2, 0.25) is 17.6 Å². The van der Waals surface area contributed by atoms with Crippen LogP contribution >= 0.6 is 0 Å². The maximum Gasteiger partial charge on any atom is 0.230 e. The first-order valence-electron chi connectivity index (χ1n) is 8.97. The Morgan fingerprint density at radius 1 is 1.19 bits per heavy atom. The van der Waals surface area contributed by atoms with Crippen molar-refractivity contribution in [1.82, 2.24) is 10.1 Å². The molecule has 5 nitrogen and oxygen atoms in total. The summed E-state index contributed by atoms with van der Waals surface area (Å²) in [4.78, 5) is 16.8. The average molecular weight is 347 g/mol. The third-order valence-electron chi connectivity index (χ3n) is 4.79. The smallest absolute Gasteiger partial charge is 0.230 e. The number of rotatable bonds is 5. The molecule has 1 aliphatic rings. The highest BCUT2D eigenvalue weighted by atomic mass is 16.5. The molecule has 0 bridgehead atoms. The van der Waals surface area contributed by atoms with Gasteiger partial charge in [-0.25, -0.2) is 0 Å². The Labute approximate surface area is 152 Å². The highest BCUT2D eigenvalue weighted by Gasteiger charge is 2.25. The fourth-order valence-corrected chi connectivity index (χ4v) is 3.01. The maximum absolute atomic E-state index is 12.3. The van der Waals surface area contributed by atoms with Gasteiger partial charge in [-0.15, -0.1) is 0 Å². The molecule has 1 fully saturated rings. The highest BCUT2D eigenvalue weighted by Crippen LogP contribution is 2.36. The van der Waals surface area contributed by atoms with Gasteiger partial charge in [-0.3, -0.25) is 4.79 Å². The van der Waals surface area contributed by atoms with Crippen LogP contribution in [0.15, 0.2) is 53.1 Å². The van der Waals surface area contributed by atoms with Crippen LogP contribution in [0.25, 0.3) is 11.4 Å².